The van der Waals surface area contributed by atoms with Crippen molar-refractivity contribution in [3.63, 3.8) is 0 Å². The summed E-state index contributed by atoms with van der Waals surface area (Å²) in [5.41, 5.74) is 5.71. The number of amides is 1. The van der Waals surface area contributed by atoms with Gasteiger partial charge in [0.25, 0.3) is 5.91 Å². The molecule has 1 amide bonds. The van der Waals surface area contributed by atoms with Crippen LogP contribution in [0.1, 0.15) is 52.3 Å². The number of rotatable bonds is 8. The van der Waals surface area contributed by atoms with Crippen molar-refractivity contribution in [3.8, 4) is 6.07 Å². The molecule has 0 saturated heterocycles. The first-order valence-electron chi connectivity index (χ1n) is 9.79. The topological polar surface area (TPSA) is 71.9 Å². The van der Waals surface area contributed by atoms with Crippen molar-refractivity contribution in [1.82, 2.24) is 15.2 Å². The summed E-state index contributed by atoms with van der Waals surface area (Å²) in [6, 6.07) is 10.1. The Labute approximate surface area is 168 Å². The molecule has 2 aromatic rings. The normalized spacial score (nSPS) is 11.5. The Hall–Kier alpha value is -2.84. The maximum atomic E-state index is 12.7. The van der Waals surface area contributed by atoms with Crippen LogP contribution in [0, 0.1) is 32.1 Å². The molecule has 0 atom stereocenters. The van der Waals surface area contributed by atoms with Gasteiger partial charge in [-0.05, 0) is 51.1 Å². The van der Waals surface area contributed by atoms with Gasteiger partial charge >= 0.3 is 0 Å². The fourth-order valence-corrected chi connectivity index (χ4v) is 3.27. The summed E-state index contributed by atoms with van der Waals surface area (Å²) in [7, 11) is 0. The van der Waals surface area contributed by atoms with Crippen LogP contribution < -0.4 is 5.32 Å². The molecule has 0 radical (unpaired) electrons. The lowest BCUT2D eigenvalue weighted by Crippen LogP contribution is -2.35. The maximum Gasteiger partial charge on any atom is 0.253 e. The van der Waals surface area contributed by atoms with Gasteiger partial charge in [0.1, 0.15) is 0 Å². The van der Waals surface area contributed by atoms with Crippen molar-refractivity contribution in [3.05, 3.63) is 57.9 Å². The van der Waals surface area contributed by atoms with Crippen LogP contribution in [-0.2, 0) is 0 Å². The van der Waals surface area contributed by atoms with Crippen LogP contribution in [0.3, 0.4) is 0 Å². The standard InChI is InChI=1S/C23H30N4O/c1-6-27(7-2)13-12-25-23(28)22-17(4)21(26-18(22)5)14-20(15-24)19-10-8-16(3)9-11-19/h8-11,14,26H,6-7,12-13H2,1-5H3,(H,25,28)/b20-14+. The van der Waals surface area contributed by atoms with Crippen LogP contribution in [0.25, 0.3) is 11.6 Å². The van der Waals surface area contributed by atoms with E-state index in [0.29, 0.717) is 17.7 Å². The molecule has 0 aliphatic heterocycles. The number of aromatic amines is 1. The lowest BCUT2D eigenvalue weighted by Gasteiger charge is -2.18. The van der Waals surface area contributed by atoms with Crippen molar-refractivity contribution in [1.29, 1.82) is 5.26 Å². The molecule has 5 nitrogen and oxygen atoms in total. The minimum atomic E-state index is -0.0769. The molecule has 5 heteroatoms. The molecule has 0 unspecified atom stereocenters. The van der Waals surface area contributed by atoms with Gasteiger partial charge in [-0.25, -0.2) is 0 Å². The number of likely N-dealkylation sites (N-methyl/N-ethyl adjacent to an activating group) is 1. The highest BCUT2D eigenvalue weighted by Gasteiger charge is 2.17. The van der Waals surface area contributed by atoms with Crippen LogP contribution in [0.2, 0.25) is 0 Å². The predicted molar refractivity (Wildman–Crippen MR) is 115 cm³/mol. The molecule has 1 aromatic carbocycles. The zero-order valence-electron chi connectivity index (χ0n) is 17.5. The van der Waals surface area contributed by atoms with Crippen molar-refractivity contribution in [2.24, 2.45) is 0 Å². The number of nitriles is 1. The number of carbonyl (C=O) groups excluding carboxylic acids is 1. The van der Waals surface area contributed by atoms with Crippen LogP contribution in [0.5, 0.6) is 0 Å². The third-order valence-electron chi connectivity index (χ3n) is 5.08. The molecule has 2 N–H and O–H groups in total. The average molecular weight is 379 g/mol. The van der Waals surface area contributed by atoms with Gasteiger partial charge in [0.05, 0.1) is 17.2 Å². The maximum absolute atomic E-state index is 12.7. The molecule has 28 heavy (non-hydrogen) atoms. The molecular formula is C23H30N4O. The van der Waals surface area contributed by atoms with Crippen molar-refractivity contribution < 1.29 is 4.79 Å². The fraction of sp³-hybridized carbons (Fsp3) is 0.391. The Morgan fingerprint density at radius 1 is 1.18 bits per heavy atom. The minimum absolute atomic E-state index is 0.0769. The number of benzene rings is 1. The summed E-state index contributed by atoms with van der Waals surface area (Å²) in [5.74, 6) is -0.0769. The second kappa shape index (κ2) is 9.91. The number of allylic oxidation sites excluding steroid dienone is 1. The summed E-state index contributed by atoms with van der Waals surface area (Å²) in [4.78, 5) is 18.2. The van der Waals surface area contributed by atoms with E-state index >= 15 is 0 Å². The largest absolute Gasteiger partial charge is 0.358 e. The molecule has 0 spiro atoms. The summed E-state index contributed by atoms with van der Waals surface area (Å²) in [5, 5.41) is 12.6. The molecule has 0 bridgehead atoms. The van der Waals surface area contributed by atoms with Gasteiger partial charge in [-0.15, -0.1) is 0 Å². The Balaban J connectivity index is 2.21. The van der Waals surface area contributed by atoms with Crippen LogP contribution >= 0.6 is 0 Å². The Morgan fingerprint density at radius 2 is 1.82 bits per heavy atom. The zero-order chi connectivity index (χ0) is 20.7. The smallest absolute Gasteiger partial charge is 0.253 e. The Morgan fingerprint density at radius 3 is 2.39 bits per heavy atom. The van der Waals surface area contributed by atoms with Crippen LogP contribution in [0.4, 0.5) is 0 Å². The van der Waals surface area contributed by atoms with E-state index in [1.165, 1.54) is 0 Å². The van der Waals surface area contributed by atoms with Gasteiger partial charge < -0.3 is 15.2 Å². The summed E-state index contributed by atoms with van der Waals surface area (Å²) < 4.78 is 0. The van der Waals surface area contributed by atoms with Crippen LogP contribution in [0.15, 0.2) is 24.3 Å². The van der Waals surface area contributed by atoms with Gasteiger partial charge in [-0.2, -0.15) is 5.26 Å². The first-order valence-corrected chi connectivity index (χ1v) is 9.79. The molecule has 0 saturated carbocycles. The van der Waals surface area contributed by atoms with E-state index in [2.05, 4.69) is 35.1 Å². The highest BCUT2D eigenvalue weighted by Crippen LogP contribution is 2.23. The number of aryl methyl sites for hydroxylation is 2. The molecule has 1 aromatic heterocycles. The van der Waals surface area contributed by atoms with Gasteiger partial charge in [0, 0.05) is 24.5 Å². The van der Waals surface area contributed by atoms with Crippen LogP contribution in [-0.4, -0.2) is 42.0 Å². The van der Waals surface area contributed by atoms with E-state index in [0.717, 1.165) is 47.7 Å². The van der Waals surface area contributed by atoms with Gasteiger partial charge in [-0.1, -0.05) is 43.7 Å². The molecule has 0 fully saturated rings. The second-order valence-electron chi connectivity index (χ2n) is 6.98. The van der Waals surface area contributed by atoms with E-state index in [1.807, 2.05) is 51.1 Å². The fourth-order valence-electron chi connectivity index (χ4n) is 3.27. The van der Waals surface area contributed by atoms with Crippen molar-refractivity contribution >= 4 is 17.6 Å². The highest BCUT2D eigenvalue weighted by atomic mass is 16.1. The van der Waals surface area contributed by atoms with Gasteiger partial charge in [0.2, 0.25) is 0 Å². The van der Waals surface area contributed by atoms with E-state index < -0.39 is 0 Å². The second-order valence-corrected chi connectivity index (χ2v) is 6.98. The summed E-state index contributed by atoms with van der Waals surface area (Å²) >= 11 is 0. The highest BCUT2D eigenvalue weighted by molar-refractivity contribution is 5.99. The zero-order valence-corrected chi connectivity index (χ0v) is 17.5. The third kappa shape index (κ3) is 5.11. The van der Waals surface area contributed by atoms with Crippen molar-refractivity contribution in [2.75, 3.05) is 26.2 Å². The van der Waals surface area contributed by atoms with E-state index in [1.54, 1.807) is 0 Å². The SMILES string of the molecule is CCN(CC)CCNC(=O)c1c(C)[nH]c(/C=C(\C#N)c2ccc(C)cc2)c1C. The van der Waals surface area contributed by atoms with E-state index in [9.17, 15) is 10.1 Å². The molecule has 1 heterocycles. The first kappa shape index (κ1) is 21.5. The minimum Gasteiger partial charge on any atom is -0.358 e. The summed E-state index contributed by atoms with van der Waals surface area (Å²) in [6.45, 7) is 13.4. The Kier molecular flexibility index (Phi) is 7.60. The quantitative estimate of drug-likeness (QED) is 0.680. The monoisotopic (exact) mass is 378 g/mol. The van der Waals surface area contributed by atoms with Gasteiger partial charge in [-0.3, -0.25) is 4.79 Å². The molecule has 0 aliphatic rings. The van der Waals surface area contributed by atoms with E-state index in [-0.39, 0.29) is 5.91 Å². The Bertz CT molecular complexity index is 881. The average Bonchev–Trinajstić information content (AvgIpc) is 2.97. The lowest BCUT2D eigenvalue weighted by molar-refractivity contribution is 0.0948. The molecular weight excluding hydrogens is 348 g/mol. The van der Waals surface area contributed by atoms with Gasteiger partial charge in [0.15, 0.2) is 0 Å². The number of H-pyrrole nitrogens is 1. The molecule has 148 valence electrons. The number of hydrogen-bond donors (Lipinski definition) is 2. The number of aromatic nitrogens is 1. The predicted octanol–water partition coefficient (Wildman–Crippen LogP) is 4.08. The summed E-state index contributed by atoms with van der Waals surface area (Å²) in [6.07, 6.45) is 1.82. The molecule has 2 rings (SSSR count). The van der Waals surface area contributed by atoms with E-state index in [4.69, 9.17) is 0 Å². The molecule has 0 aliphatic carbocycles. The number of nitrogens with zero attached hydrogens (tertiary/aromatic N) is 2. The first-order chi connectivity index (χ1) is 13.4. The number of nitrogens with one attached hydrogen (secondary N) is 2. The lowest BCUT2D eigenvalue weighted by atomic mass is 10.0. The van der Waals surface area contributed by atoms with Crippen molar-refractivity contribution in [2.45, 2.75) is 34.6 Å². The number of hydrogen-bond acceptors (Lipinski definition) is 3. The number of carbonyl (C=O) groups is 1. The third-order valence-corrected chi connectivity index (χ3v) is 5.08.